The molecule has 1 aromatic carbocycles. The van der Waals surface area contributed by atoms with E-state index in [1.165, 1.54) is 10.8 Å². The van der Waals surface area contributed by atoms with Gasteiger partial charge in [0, 0.05) is 25.6 Å². The molecule has 0 saturated carbocycles. The highest BCUT2D eigenvalue weighted by atomic mass is 16.5. The van der Waals surface area contributed by atoms with Crippen molar-refractivity contribution in [2.75, 3.05) is 13.2 Å². The lowest BCUT2D eigenvalue weighted by Crippen LogP contribution is -1.84. The van der Waals surface area contributed by atoms with Crippen LogP contribution in [0.3, 0.4) is 0 Å². The summed E-state index contributed by atoms with van der Waals surface area (Å²) in [5, 5.41) is 2.45. The predicted octanol–water partition coefficient (Wildman–Crippen LogP) is 3.28. The Morgan fingerprint density at radius 1 is 1.00 bits per heavy atom. The summed E-state index contributed by atoms with van der Waals surface area (Å²) >= 11 is 0. The van der Waals surface area contributed by atoms with E-state index in [9.17, 15) is 0 Å². The fourth-order valence-corrected chi connectivity index (χ4v) is 1.23. The summed E-state index contributed by atoms with van der Waals surface area (Å²) in [5.74, 6) is 0. The van der Waals surface area contributed by atoms with Gasteiger partial charge in [-0.15, -0.1) is 0 Å². The van der Waals surface area contributed by atoms with E-state index in [1.54, 1.807) is 0 Å². The Hall–Kier alpha value is -1.41. The monoisotopic (exact) mass is 203 g/mol. The number of benzene rings is 1. The highest BCUT2D eigenvalue weighted by Crippen LogP contribution is 2.09. The zero-order valence-corrected chi connectivity index (χ0v) is 9.31. The van der Waals surface area contributed by atoms with E-state index >= 15 is 0 Å². The first-order valence-corrected chi connectivity index (χ1v) is 5.25. The second kappa shape index (κ2) is 6.96. The van der Waals surface area contributed by atoms with Crippen molar-refractivity contribution in [2.45, 2.75) is 13.8 Å². The Morgan fingerprint density at radius 3 is 2.20 bits per heavy atom. The average molecular weight is 203 g/mol. The molecule has 1 heterocycles. The Kier molecular flexibility index (Phi) is 5.41. The maximum atomic E-state index is 4.83. The van der Waals surface area contributed by atoms with Crippen LogP contribution in [0, 0.1) is 0 Å². The van der Waals surface area contributed by atoms with Crippen molar-refractivity contribution in [3.05, 3.63) is 42.7 Å². The Balaban J connectivity index is 0.000000195. The van der Waals surface area contributed by atoms with Gasteiger partial charge in [0.25, 0.3) is 0 Å². The van der Waals surface area contributed by atoms with Gasteiger partial charge in [-0.05, 0) is 30.7 Å². The molecular formula is C13H17NO. The summed E-state index contributed by atoms with van der Waals surface area (Å²) in [7, 11) is 0. The largest absolute Gasteiger partial charge is 0.382 e. The Bertz CT molecular complexity index is 319. The van der Waals surface area contributed by atoms with Gasteiger partial charge in [-0.3, -0.25) is 4.98 Å². The maximum Gasteiger partial charge on any atom is 0.0437 e. The molecular weight excluding hydrogens is 186 g/mol. The van der Waals surface area contributed by atoms with Crippen molar-refractivity contribution < 1.29 is 4.74 Å². The summed E-state index contributed by atoms with van der Waals surface area (Å²) in [6, 6.07) is 10.2. The molecule has 2 aromatic rings. The number of fused-ring (bicyclic) bond motifs is 1. The van der Waals surface area contributed by atoms with Gasteiger partial charge < -0.3 is 4.74 Å². The van der Waals surface area contributed by atoms with Crippen LogP contribution in [0.25, 0.3) is 10.8 Å². The van der Waals surface area contributed by atoms with Crippen molar-refractivity contribution in [1.82, 2.24) is 4.98 Å². The molecule has 0 spiro atoms. The molecule has 0 aliphatic heterocycles. The maximum absolute atomic E-state index is 4.83. The first-order valence-electron chi connectivity index (χ1n) is 5.25. The van der Waals surface area contributed by atoms with Crippen LogP contribution in [0.5, 0.6) is 0 Å². The Morgan fingerprint density at radius 2 is 1.67 bits per heavy atom. The van der Waals surface area contributed by atoms with Crippen molar-refractivity contribution in [3.63, 3.8) is 0 Å². The predicted molar refractivity (Wildman–Crippen MR) is 63.9 cm³/mol. The van der Waals surface area contributed by atoms with Crippen LogP contribution in [0.15, 0.2) is 42.7 Å². The third-order valence-corrected chi connectivity index (χ3v) is 1.96. The normalized spacial score (nSPS) is 9.47. The second-order valence-corrected chi connectivity index (χ2v) is 3.00. The molecule has 80 valence electrons. The van der Waals surface area contributed by atoms with Crippen LogP contribution in [0.2, 0.25) is 0 Å². The highest BCUT2D eigenvalue weighted by Gasteiger charge is 1.86. The SMILES string of the molecule is CCOCC.c1ccc2cnccc2c1. The molecule has 2 rings (SSSR count). The molecule has 0 bridgehead atoms. The van der Waals surface area contributed by atoms with Gasteiger partial charge in [0.15, 0.2) is 0 Å². The molecule has 0 aliphatic rings. The lowest BCUT2D eigenvalue weighted by Gasteiger charge is -1.91. The fourth-order valence-electron chi connectivity index (χ4n) is 1.23. The van der Waals surface area contributed by atoms with Gasteiger partial charge in [0.05, 0.1) is 0 Å². The molecule has 0 radical (unpaired) electrons. The number of aromatic nitrogens is 1. The summed E-state index contributed by atoms with van der Waals surface area (Å²) in [6.45, 7) is 5.67. The zero-order chi connectivity index (χ0) is 10.9. The van der Waals surface area contributed by atoms with E-state index < -0.39 is 0 Å². The van der Waals surface area contributed by atoms with E-state index in [2.05, 4.69) is 17.1 Å². The van der Waals surface area contributed by atoms with Crippen LogP contribution in [-0.4, -0.2) is 18.2 Å². The van der Waals surface area contributed by atoms with Crippen molar-refractivity contribution >= 4 is 10.8 Å². The van der Waals surface area contributed by atoms with E-state index in [-0.39, 0.29) is 0 Å². The minimum Gasteiger partial charge on any atom is -0.382 e. The summed E-state index contributed by atoms with van der Waals surface area (Å²) in [4.78, 5) is 4.01. The molecule has 1 aromatic heterocycles. The average Bonchev–Trinajstić information content (AvgIpc) is 2.31. The summed E-state index contributed by atoms with van der Waals surface area (Å²) in [6.07, 6.45) is 3.68. The quantitative estimate of drug-likeness (QED) is 0.747. The lowest BCUT2D eigenvalue weighted by atomic mass is 10.2. The molecule has 0 amide bonds. The first kappa shape index (κ1) is 11.7. The zero-order valence-electron chi connectivity index (χ0n) is 9.31. The standard InChI is InChI=1S/C9H7N.C4H10O/c1-2-4-9-7-10-6-5-8(9)3-1;1-3-5-4-2/h1-7H;3-4H2,1-2H3. The van der Waals surface area contributed by atoms with Gasteiger partial charge in [-0.2, -0.15) is 0 Å². The van der Waals surface area contributed by atoms with Gasteiger partial charge in [0.1, 0.15) is 0 Å². The van der Waals surface area contributed by atoms with Crippen molar-refractivity contribution in [3.8, 4) is 0 Å². The molecule has 2 nitrogen and oxygen atoms in total. The summed E-state index contributed by atoms with van der Waals surface area (Å²) in [5.41, 5.74) is 0. The minimum absolute atomic E-state index is 0.844. The molecule has 0 atom stereocenters. The molecule has 15 heavy (non-hydrogen) atoms. The van der Waals surface area contributed by atoms with Crippen LogP contribution < -0.4 is 0 Å². The van der Waals surface area contributed by atoms with E-state index in [4.69, 9.17) is 4.74 Å². The van der Waals surface area contributed by atoms with Gasteiger partial charge in [0.2, 0.25) is 0 Å². The van der Waals surface area contributed by atoms with E-state index in [0.717, 1.165) is 13.2 Å². The Labute approximate surface area is 90.9 Å². The molecule has 2 heteroatoms. The molecule has 0 saturated heterocycles. The third kappa shape index (κ3) is 4.09. The topological polar surface area (TPSA) is 22.1 Å². The highest BCUT2D eigenvalue weighted by molar-refractivity contribution is 5.80. The van der Waals surface area contributed by atoms with Crippen molar-refractivity contribution in [1.29, 1.82) is 0 Å². The molecule has 0 fully saturated rings. The van der Waals surface area contributed by atoms with E-state index in [1.807, 2.05) is 44.4 Å². The van der Waals surface area contributed by atoms with Crippen LogP contribution in [0.1, 0.15) is 13.8 Å². The molecule has 0 unspecified atom stereocenters. The third-order valence-electron chi connectivity index (χ3n) is 1.96. The fraction of sp³-hybridized carbons (Fsp3) is 0.308. The number of hydrogen-bond donors (Lipinski definition) is 0. The van der Waals surface area contributed by atoms with Crippen LogP contribution >= 0.6 is 0 Å². The first-order chi connectivity index (χ1) is 7.38. The number of rotatable bonds is 2. The second-order valence-electron chi connectivity index (χ2n) is 3.00. The lowest BCUT2D eigenvalue weighted by molar-refractivity contribution is 0.162. The number of nitrogens with zero attached hydrogens (tertiary/aromatic N) is 1. The minimum atomic E-state index is 0.844. The summed E-state index contributed by atoms with van der Waals surface area (Å²) < 4.78 is 4.83. The van der Waals surface area contributed by atoms with Gasteiger partial charge >= 0.3 is 0 Å². The van der Waals surface area contributed by atoms with Gasteiger partial charge in [-0.25, -0.2) is 0 Å². The van der Waals surface area contributed by atoms with E-state index in [0.29, 0.717) is 0 Å². The van der Waals surface area contributed by atoms with Crippen molar-refractivity contribution in [2.24, 2.45) is 0 Å². The van der Waals surface area contributed by atoms with Crippen LogP contribution in [0.4, 0.5) is 0 Å². The van der Waals surface area contributed by atoms with Crippen LogP contribution in [-0.2, 0) is 4.74 Å². The van der Waals surface area contributed by atoms with Gasteiger partial charge in [-0.1, -0.05) is 24.3 Å². The molecule has 0 aliphatic carbocycles. The number of ether oxygens (including phenoxy) is 1. The smallest absolute Gasteiger partial charge is 0.0437 e. The number of hydrogen-bond acceptors (Lipinski definition) is 2. The number of pyridine rings is 1. The molecule has 0 N–H and O–H groups in total.